The highest BCUT2D eigenvalue weighted by atomic mass is 15.1. The molecule has 63 heavy (non-hydrogen) atoms. The average Bonchev–Trinajstić information content (AvgIpc) is 3.37. The molecule has 1 nitrogen and oxygen atoms in total. The van der Waals surface area contributed by atoms with Crippen molar-refractivity contribution in [3.63, 3.8) is 0 Å². The summed E-state index contributed by atoms with van der Waals surface area (Å²) in [4.78, 5) is 2.55. The van der Waals surface area contributed by atoms with Crippen LogP contribution in [0.5, 0.6) is 0 Å². The molecule has 2 aliphatic rings. The van der Waals surface area contributed by atoms with Crippen LogP contribution in [0.25, 0.3) is 71.6 Å². The molecule has 1 saturated carbocycles. The van der Waals surface area contributed by atoms with Gasteiger partial charge in [0.25, 0.3) is 0 Å². The second kappa shape index (κ2) is 17.3. The predicted octanol–water partition coefficient (Wildman–Crippen LogP) is 17.9. The Morgan fingerprint density at radius 1 is 0.413 bits per heavy atom. The van der Waals surface area contributed by atoms with Crippen molar-refractivity contribution in [2.45, 2.75) is 50.9 Å². The van der Waals surface area contributed by atoms with Gasteiger partial charge in [-0.25, -0.2) is 0 Å². The molecule has 9 aromatic carbocycles. The van der Waals surface area contributed by atoms with Gasteiger partial charge in [-0.3, -0.25) is 0 Å². The van der Waals surface area contributed by atoms with Crippen molar-refractivity contribution < 1.29 is 0 Å². The van der Waals surface area contributed by atoms with Gasteiger partial charge >= 0.3 is 0 Å². The van der Waals surface area contributed by atoms with Crippen LogP contribution in [0.15, 0.2) is 218 Å². The van der Waals surface area contributed by atoms with Gasteiger partial charge in [0.15, 0.2) is 0 Å². The van der Waals surface area contributed by atoms with Crippen LogP contribution >= 0.6 is 0 Å². The van der Waals surface area contributed by atoms with Gasteiger partial charge in [0.05, 0.1) is 11.4 Å². The number of fused-ring (bicyclic) bond motifs is 2. The van der Waals surface area contributed by atoms with Crippen LogP contribution < -0.4 is 4.90 Å². The van der Waals surface area contributed by atoms with Crippen molar-refractivity contribution in [3.05, 3.63) is 230 Å². The molecule has 0 amide bonds. The third-order valence-corrected chi connectivity index (χ3v) is 13.6. The van der Waals surface area contributed by atoms with E-state index in [0.29, 0.717) is 5.92 Å². The highest BCUT2D eigenvalue weighted by molar-refractivity contribution is 6.05. The smallest absolute Gasteiger partial charge is 0.0543 e. The molecule has 0 aromatic heterocycles. The standard InChI is InChI=1S/C62H51N/c1-4-18-47(19-5-1)55-31-15-26-50-27-16-33-58(61(50)55)57-29-12-13-34-59(57)63(60-35-17-32-56(48-20-6-2-7-21-48)62(60)51-23-8-3-9-24-51)52-42-40-45(41-43-52)44-36-38-49(39-37-44)54-30-14-25-46-22-10-11-28-53(46)54/h2-3,6-8,10-17,20-23,25-43,47H,1,4-5,9,18-19,24H2. The zero-order valence-corrected chi connectivity index (χ0v) is 35.8. The Morgan fingerprint density at radius 3 is 1.79 bits per heavy atom. The van der Waals surface area contributed by atoms with E-state index in [1.165, 1.54) is 126 Å². The molecule has 2 aliphatic carbocycles. The van der Waals surface area contributed by atoms with E-state index in [4.69, 9.17) is 0 Å². The second-order valence-electron chi connectivity index (χ2n) is 17.3. The summed E-state index contributed by atoms with van der Waals surface area (Å²) in [5.74, 6) is 0.584. The van der Waals surface area contributed by atoms with Crippen LogP contribution in [-0.4, -0.2) is 0 Å². The Labute approximate surface area is 372 Å². The topological polar surface area (TPSA) is 3.24 Å². The maximum atomic E-state index is 2.55. The summed E-state index contributed by atoms with van der Waals surface area (Å²) in [6.45, 7) is 0. The van der Waals surface area contributed by atoms with Gasteiger partial charge in [-0.05, 0) is 127 Å². The molecular weight excluding hydrogens is 759 g/mol. The lowest BCUT2D eigenvalue weighted by Gasteiger charge is -2.32. The fourth-order valence-corrected chi connectivity index (χ4v) is 10.5. The molecule has 0 saturated heterocycles. The van der Waals surface area contributed by atoms with E-state index < -0.39 is 0 Å². The normalized spacial score (nSPS) is 14.2. The van der Waals surface area contributed by atoms with E-state index in [0.717, 1.165) is 18.5 Å². The maximum Gasteiger partial charge on any atom is 0.0543 e. The van der Waals surface area contributed by atoms with Crippen LogP contribution in [0.1, 0.15) is 62.0 Å². The molecule has 0 atom stereocenters. The fourth-order valence-electron chi connectivity index (χ4n) is 10.5. The van der Waals surface area contributed by atoms with Gasteiger partial charge in [-0.15, -0.1) is 0 Å². The van der Waals surface area contributed by atoms with E-state index in [9.17, 15) is 0 Å². The summed E-state index contributed by atoms with van der Waals surface area (Å²) in [6, 6.07) is 74.5. The zero-order chi connectivity index (χ0) is 42.0. The highest BCUT2D eigenvalue weighted by Gasteiger charge is 2.26. The summed E-state index contributed by atoms with van der Waals surface area (Å²) in [6.07, 6.45) is 15.4. The van der Waals surface area contributed by atoms with Crippen molar-refractivity contribution in [3.8, 4) is 44.5 Å². The van der Waals surface area contributed by atoms with Gasteiger partial charge in [-0.2, -0.15) is 0 Å². The lowest BCUT2D eigenvalue weighted by atomic mass is 9.80. The first kappa shape index (κ1) is 38.7. The molecule has 1 fully saturated rings. The average molecular weight is 810 g/mol. The van der Waals surface area contributed by atoms with Crippen molar-refractivity contribution in [2.75, 3.05) is 4.90 Å². The third-order valence-electron chi connectivity index (χ3n) is 13.6. The Morgan fingerprint density at radius 2 is 1.00 bits per heavy atom. The Kier molecular flexibility index (Phi) is 10.6. The number of benzene rings is 9. The first-order chi connectivity index (χ1) is 31.3. The van der Waals surface area contributed by atoms with Gasteiger partial charge in [0.2, 0.25) is 0 Å². The summed E-state index contributed by atoms with van der Waals surface area (Å²) in [7, 11) is 0. The first-order valence-electron chi connectivity index (χ1n) is 22.9. The summed E-state index contributed by atoms with van der Waals surface area (Å²) in [5, 5.41) is 5.26. The van der Waals surface area contributed by atoms with Crippen LogP contribution in [0, 0.1) is 0 Å². The first-order valence-corrected chi connectivity index (χ1v) is 22.9. The number of hydrogen-bond donors (Lipinski definition) is 0. The zero-order valence-electron chi connectivity index (χ0n) is 35.8. The molecule has 0 spiro atoms. The Balaban J connectivity index is 1.08. The molecule has 0 N–H and O–H groups in total. The molecule has 0 bridgehead atoms. The lowest BCUT2D eigenvalue weighted by Crippen LogP contribution is -2.14. The van der Waals surface area contributed by atoms with Gasteiger partial charge < -0.3 is 4.90 Å². The molecule has 0 heterocycles. The summed E-state index contributed by atoms with van der Waals surface area (Å²) >= 11 is 0. The van der Waals surface area contributed by atoms with Crippen LogP contribution in [0.2, 0.25) is 0 Å². The van der Waals surface area contributed by atoms with E-state index in [1.807, 2.05) is 0 Å². The minimum atomic E-state index is 0.584. The van der Waals surface area contributed by atoms with Crippen molar-refractivity contribution in [2.24, 2.45) is 0 Å². The quantitative estimate of drug-likeness (QED) is 0.140. The number of nitrogens with zero attached hydrogens (tertiary/aromatic N) is 1. The summed E-state index contributed by atoms with van der Waals surface area (Å²) < 4.78 is 0. The SMILES string of the molecule is C1=CCCC(c2c(-c3ccccc3)cccc2N(c2ccc(-c3ccc(-c4cccc5ccccc45)cc3)cc2)c2ccccc2-c2cccc3cccc(C4CCCCC4)c23)=C1. The molecule has 1 heteroatoms. The van der Waals surface area contributed by atoms with E-state index >= 15 is 0 Å². The molecular formula is C62H51N. The van der Waals surface area contributed by atoms with Gasteiger partial charge in [-0.1, -0.05) is 213 Å². The monoisotopic (exact) mass is 809 g/mol. The van der Waals surface area contributed by atoms with Crippen molar-refractivity contribution in [1.29, 1.82) is 0 Å². The lowest BCUT2D eigenvalue weighted by molar-refractivity contribution is 0.445. The van der Waals surface area contributed by atoms with Gasteiger partial charge in [0.1, 0.15) is 0 Å². The van der Waals surface area contributed by atoms with E-state index in [-0.39, 0.29) is 0 Å². The fraction of sp³-hybridized carbons (Fsp3) is 0.129. The molecule has 0 radical (unpaired) electrons. The Bertz CT molecular complexity index is 3120. The second-order valence-corrected chi connectivity index (χ2v) is 17.3. The van der Waals surface area contributed by atoms with E-state index in [2.05, 4.69) is 223 Å². The molecule has 11 rings (SSSR count). The third kappa shape index (κ3) is 7.49. The van der Waals surface area contributed by atoms with Crippen molar-refractivity contribution in [1.82, 2.24) is 0 Å². The Hall–Kier alpha value is -7.22. The minimum absolute atomic E-state index is 0.584. The number of allylic oxidation sites excluding steroid dienone is 4. The highest BCUT2D eigenvalue weighted by Crippen LogP contribution is 2.49. The van der Waals surface area contributed by atoms with Crippen LogP contribution in [-0.2, 0) is 0 Å². The van der Waals surface area contributed by atoms with E-state index in [1.54, 1.807) is 0 Å². The van der Waals surface area contributed by atoms with Crippen molar-refractivity contribution >= 4 is 44.2 Å². The number of hydrogen-bond acceptors (Lipinski definition) is 1. The number of rotatable bonds is 9. The molecule has 0 aliphatic heterocycles. The largest absolute Gasteiger partial charge is 0.309 e. The maximum absolute atomic E-state index is 2.55. The molecule has 304 valence electrons. The van der Waals surface area contributed by atoms with Gasteiger partial charge in [0, 0.05) is 16.8 Å². The predicted molar refractivity (Wildman–Crippen MR) is 270 cm³/mol. The van der Waals surface area contributed by atoms with Crippen LogP contribution in [0.3, 0.4) is 0 Å². The summed E-state index contributed by atoms with van der Waals surface area (Å²) in [5.41, 5.74) is 17.6. The number of para-hydroxylation sites is 1. The number of anilines is 3. The minimum Gasteiger partial charge on any atom is -0.309 e. The molecule has 0 unspecified atom stereocenters. The van der Waals surface area contributed by atoms with Crippen LogP contribution in [0.4, 0.5) is 17.1 Å². The molecule has 9 aromatic rings.